The largest absolute Gasteiger partial charge is 0.348 e. The summed E-state index contributed by atoms with van der Waals surface area (Å²) in [6.45, 7) is 5.88. The molecule has 0 spiro atoms. The Kier molecular flexibility index (Phi) is 6.98. The van der Waals surface area contributed by atoms with Crippen LogP contribution in [0, 0.1) is 5.92 Å². The zero-order chi connectivity index (χ0) is 22.0. The van der Waals surface area contributed by atoms with Crippen molar-refractivity contribution in [1.29, 1.82) is 0 Å². The van der Waals surface area contributed by atoms with Gasteiger partial charge >= 0.3 is 6.03 Å². The van der Waals surface area contributed by atoms with E-state index in [0.29, 0.717) is 29.7 Å². The van der Waals surface area contributed by atoms with Crippen LogP contribution in [0.2, 0.25) is 10.0 Å². The molecule has 30 heavy (non-hydrogen) atoms. The van der Waals surface area contributed by atoms with E-state index in [1.165, 1.54) is 4.90 Å². The van der Waals surface area contributed by atoms with Crippen LogP contribution in [0.1, 0.15) is 31.1 Å². The Balaban J connectivity index is 1.92. The van der Waals surface area contributed by atoms with Crippen LogP contribution >= 0.6 is 23.2 Å². The molecular weight excluding hydrogens is 423 g/mol. The second-order valence-corrected chi connectivity index (χ2v) is 9.06. The molecule has 0 saturated heterocycles. The smallest absolute Gasteiger partial charge is 0.319 e. The summed E-state index contributed by atoms with van der Waals surface area (Å²) >= 11 is 12.4. The minimum atomic E-state index is -0.286. The highest BCUT2D eigenvalue weighted by Crippen LogP contribution is 2.35. The highest BCUT2D eigenvalue weighted by atomic mass is 35.5. The fourth-order valence-corrected chi connectivity index (χ4v) is 4.18. The third-order valence-corrected chi connectivity index (χ3v) is 5.92. The van der Waals surface area contributed by atoms with Crippen molar-refractivity contribution < 1.29 is 9.59 Å². The van der Waals surface area contributed by atoms with E-state index in [1.807, 2.05) is 49.2 Å². The van der Waals surface area contributed by atoms with Gasteiger partial charge in [0.2, 0.25) is 5.91 Å². The quantitative estimate of drug-likeness (QED) is 0.678. The van der Waals surface area contributed by atoms with Crippen molar-refractivity contribution in [3.05, 3.63) is 57.8 Å². The van der Waals surface area contributed by atoms with Gasteiger partial charge in [-0.15, -0.1) is 0 Å². The first-order valence-electron chi connectivity index (χ1n) is 10.0. The number of hydrogen-bond donors (Lipinski definition) is 0. The first-order valence-corrected chi connectivity index (χ1v) is 10.8. The lowest BCUT2D eigenvalue weighted by Gasteiger charge is -2.39. The van der Waals surface area contributed by atoms with Crippen molar-refractivity contribution in [2.75, 3.05) is 33.7 Å². The maximum Gasteiger partial charge on any atom is 0.319 e. The summed E-state index contributed by atoms with van der Waals surface area (Å²) in [5, 5.41) is 0.929. The molecule has 1 aliphatic heterocycles. The van der Waals surface area contributed by atoms with Gasteiger partial charge in [-0.1, -0.05) is 43.1 Å². The number of nitrogens with zero attached hydrogens (tertiary/aromatic N) is 4. The molecule has 1 aromatic heterocycles. The second-order valence-electron chi connectivity index (χ2n) is 8.24. The number of carbonyl (C=O) groups excluding carboxylic acids is 2. The molecule has 0 saturated carbocycles. The normalized spacial score (nSPS) is 15.8. The summed E-state index contributed by atoms with van der Waals surface area (Å²) in [5.41, 5.74) is 1.91. The topological polar surface area (TPSA) is 48.8 Å². The van der Waals surface area contributed by atoms with E-state index in [9.17, 15) is 9.59 Å². The number of carbonyl (C=O) groups is 2. The van der Waals surface area contributed by atoms with E-state index < -0.39 is 0 Å². The third kappa shape index (κ3) is 4.76. The molecule has 6 nitrogen and oxygen atoms in total. The van der Waals surface area contributed by atoms with Gasteiger partial charge in [0.05, 0.1) is 16.1 Å². The summed E-state index contributed by atoms with van der Waals surface area (Å²) in [6, 6.07) is 9.02. The molecule has 1 unspecified atom stereocenters. The van der Waals surface area contributed by atoms with Gasteiger partial charge in [0.1, 0.15) is 6.54 Å². The van der Waals surface area contributed by atoms with E-state index in [0.717, 1.165) is 11.3 Å². The van der Waals surface area contributed by atoms with Crippen LogP contribution in [-0.2, 0) is 11.3 Å². The fraction of sp³-hybridized carbons (Fsp3) is 0.455. The molecule has 0 aliphatic carbocycles. The number of halogens is 2. The lowest BCUT2D eigenvalue weighted by atomic mass is 9.99. The van der Waals surface area contributed by atoms with Crippen LogP contribution in [0.25, 0.3) is 0 Å². The molecule has 3 amide bonds. The maximum atomic E-state index is 13.4. The average molecular weight is 451 g/mol. The summed E-state index contributed by atoms with van der Waals surface area (Å²) in [5.74, 6) is 0.167. The molecule has 1 aromatic carbocycles. The first-order chi connectivity index (χ1) is 14.2. The van der Waals surface area contributed by atoms with E-state index >= 15 is 0 Å². The number of fused-ring (bicyclic) bond motifs is 1. The van der Waals surface area contributed by atoms with E-state index in [1.54, 1.807) is 25.1 Å². The molecule has 162 valence electrons. The van der Waals surface area contributed by atoms with Gasteiger partial charge in [-0.05, 0) is 35.7 Å². The highest BCUT2D eigenvalue weighted by Gasteiger charge is 2.34. The molecule has 3 rings (SSSR count). The molecule has 0 fully saturated rings. The Morgan fingerprint density at radius 3 is 2.50 bits per heavy atom. The fourth-order valence-electron chi connectivity index (χ4n) is 3.87. The van der Waals surface area contributed by atoms with E-state index in [2.05, 4.69) is 4.57 Å². The lowest BCUT2D eigenvalue weighted by Crippen LogP contribution is -2.50. The Morgan fingerprint density at radius 2 is 1.87 bits per heavy atom. The Morgan fingerprint density at radius 1 is 1.13 bits per heavy atom. The van der Waals surface area contributed by atoms with Crippen LogP contribution in [-0.4, -0.2) is 64.9 Å². The monoisotopic (exact) mass is 450 g/mol. The van der Waals surface area contributed by atoms with Gasteiger partial charge in [-0.25, -0.2) is 4.79 Å². The number of amides is 3. The number of aromatic nitrogens is 1. The van der Waals surface area contributed by atoms with Crippen LogP contribution in [0.5, 0.6) is 0 Å². The van der Waals surface area contributed by atoms with Gasteiger partial charge < -0.3 is 19.3 Å². The first kappa shape index (κ1) is 22.5. The molecule has 0 bridgehead atoms. The molecule has 2 heterocycles. The van der Waals surface area contributed by atoms with E-state index in [-0.39, 0.29) is 30.4 Å². The number of urea groups is 1. The van der Waals surface area contributed by atoms with Gasteiger partial charge in [-0.2, -0.15) is 0 Å². The summed E-state index contributed by atoms with van der Waals surface area (Å²) in [4.78, 5) is 31.0. The number of benzene rings is 1. The number of rotatable bonds is 5. The molecular formula is C22H28Cl2N4O2. The highest BCUT2D eigenvalue weighted by molar-refractivity contribution is 6.42. The molecule has 0 radical (unpaired) electrons. The summed E-state index contributed by atoms with van der Waals surface area (Å²) in [6.07, 6.45) is 2.02. The van der Waals surface area contributed by atoms with Crippen molar-refractivity contribution in [3.63, 3.8) is 0 Å². The molecule has 0 N–H and O–H groups in total. The van der Waals surface area contributed by atoms with Crippen LogP contribution in [0.3, 0.4) is 0 Å². The summed E-state index contributed by atoms with van der Waals surface area (Å²) < 4.78 is 2.15. The SMILES string of the molecule is CC(C)CN(CC(=O)N1CCn2cccc2C1c1ccc(Cl)c(Cl)c1)C(=O)N(C)C. The Labute approximate surface area is 187 Å². The van der Waals surface area contributed by atoms with Crippen molar-refractivity contribution in [1.82, 2.24) is 19.3 Å². The minimum absolute atomic E-state index is 0.0354. The van der Waals surface area contributed by atoms with Crippen LogP contribution < -0.4 is 0 Å². The van der Waals surface area contributed by atoms with Crippen LogP contribution in [0.4, 0.5) is 4.79 Å². The number of hydrogen-bond acceptors (Lipinski definition) is 2. The summed E-state index contributed by atoms with van der Waals surface area (Å²) in [7, 11) is 3.40. The minimum Gasteiger partial charge on any atom is -0.348 e. The van der Waals surface area contributed by atoms with Crippen LogP contribution in [0.15, 0.2) is 36.5 Å². The predicted octanol–water partition coefficient (Wildman–Crippen LogP) is 4.37. The zero-order valence-corrected chi connectivity index (χ0v) is 19.3. The van der Waals surface area contributed by atoms with Gasteiger partial charge in [0.25, 0.3) is 0 Å². The predicted molar refractivity (Wildman–Crippen MR) is 120 cm³/mol. The van der Waals surface area contributed by atoms with Crippen molar-refractivity contribution in [3.8, 4) is 0 Å². The van der Waals surface area contributed by atoms with Gasteiger partial charge in [0, 0.05) is 45.6 Å². The molecule has 8 heteroatoms. The second kappa shape index (κ2) is 9.31. The maximum absolute atomic E-state index is 13.4. The van der Waals surface area contributed by atoms with E-state index in [4.69, 9.17) is 23.2 Å². The standard InChI is InChI=1S/C22H28Cl2N4O2/c1-15(2)13-27(22(30)25(3)4)14-20(29)28-11-10-26-9-5-6-19(26)21(28)16-7-8-17(23)18(24)12-16/h5-9,12,15,21H,10-11,13-14H2,1-4H3. The lowest BCUT2D eigenvalue weighted by molar-refractivity contribution is -0.134. The Hall–Kier alpha value is -2.18. The van der Waals surface area contributed by atoms with Crippen molar-refractivity contribution in [2.24, 2.45) is 5.92 Å². The van der Waals surface area contributed by atoms with Crippen molar-refractivity contribution in [2.45, 2.75) is 26.4 Å². The van der Waals surface area contributed by atoms with Gasteiger partial charge in [-0.3, -0.25) is 4.79 Å². The third-order valence-electron chi connectivity index (χ3n) is 5.18. The Bertz CT molecular complexity index is 926. The average Bonchev–Trinajstić information content (AvgIpc) is 3.16. The molecule has 1 atom stereocenters. The zero-order valence-electron chi connectivity index (χ0n) is 17.8. The molecule has 1 aliphatic rings. The van der Waals surface area contributed by atoms with Crippen molar-refractivity contribution >= 4 is 35.1 Å². The molecule has 2 aromatic rings. The van der Waals surface area contributed by atoms with Gasteiger partial charge in [0.15, 0.2) is 0 Å².